The molecule has 0 saturated carbocycles. The topological polar surface area (TPSA) is 93.5 Å². The Labute approximate surface area is 122 Å². The van der Waals surface area contributed by atoms with E-state index in [4.69, 9.17) is 4.74 Å². The van der Waals surface area contributed by atoms with Gasteiger partial charge in [-0.05, 0) is 12.5 Å². The number of rotatable bonds is 5. The van der Waals surface area contributed by atoms with Crippen molar-refractivity contribution in [2.75, 3.05) is 19.7 Å². The summed E-state index contributed by atoms with van der Waals surface area (Å²) in [6.45, 7) is 3.89. The minimum Gasteiger partial charge on any atom is -0.375 e. The number of nitro groups is 1. The van der Waals surface area contributed by atoms with Crippen LogP contribution in [0.25, 0.3) is 0 Å². The molecule has 1 heterocycles. The normalized spacial score (nSPS) is 19.8. The standard InChI is InChI=1S/C14H19N3O4/c1-10(11-3-2-4-12(7-11)17(19)20)16-14(18)8-13-9-15-5-6-21-13/h2-4,7,10,13,15H,5-6,8-9H2,1H3,(H,16,18). The predicted octanol–water partition coefficient (Wildman–Crippen LogP) is 1.15. The number of amides is 1. The zero-order chi connectivity index (χ0) is 15.2. The molecule has 1 aromatic carbocycles. The number of nitrogens with one attached hydrogen (secondary N) is 2. The summed E-state index contributed by atoms with van der Waals surface area (Å²) >= 11 is 0. The minimum atomic E-state index is -0.445. The van der Waals surface area contributed by atoms with Crippen LogP contribution in [-0.2, 0) is 9.53 Å². The lowest BCUT2D eigenvalue weighted by atomic mass is 10.1. The molecule has 2 rings (SSSR count). The first kappa shape index (κ1) is 15.4. The van der Waals surface area contributed by atoms with Crippen molar-refractivity contribution in [1.82, 2.24) is 10.6 Å². The van der Waals surface area contributed by atoms with Gasteiger partial charge >= 0.3 is 0 Å². The molecule has 1 amide bonds. The van der Waals surface area contributed by atoms with Crippen molar-refractivity contribution in [1.29, 1.82) is 0 Å². The highest BCUT2D eigenvalue weighted by Crippen LogP contribution is 2.19. The predicted molar refractivity (Wildman–Crippen MR) is 76.9 cm³/mol. The Balaban J connectivity index is 1.90. The van der Waals surface area contributed by atoms with Crippen LogP contribution in [0.2, 0.25) is 0 Å². The van der Waals surface area contributed by atoms with Crippen LogP contribution in [0.5, 0.6) is 0 Å². The van der Waals surface area contributed by atoms with E-state index in [1.165, 1.54) is 12.1 Å². The van der Waals surface area contributed by atoms with Crippen molar-refractivity contribution in [3.05, 3.63) is 39.9 Å². The summed E-state index contributed by atoms with van der Waals surface area (Å²) in [6.07, 6.45) is 0.169. The zero-order valence-electron chi connectivity index (χ0n) is 11.9. The van der Waals surface area contributed by atoms with Crippen molar-refractivity contribution in [3.8, 4) is 0 Å². The van der Waals surface area contributed by atoms with Crippen molar-refractivity contribution in [2.45, 2.75) is 25.5 Å². The van der Waals surface area contributed by atoms with Gasteiger partial charge in [0.05, 0.1) is 30.1 Å². The molecule has 0 aromatic heterocycles. The van der Waals surface area contributed by atoms with Gasteiger partial charge in [-0.15, -0.1) is 0 Å². The van der Waals surface area contributed by atoms with Crippen LogP contribution >= 0.6 is 0 Å². The van der Waals surface area contributed by atoms with Gasteiger partial charge in [0.2, 0.25) is 5.91 Å². The molecular weight excluding hydrogens is 274 g/mol. The molecule has 21 heavy (non-hydrogen) atoms. The van der Waals surface area contributed by atoms with Gasteiger partial charge in [0, 0.05) is 25.2 Å². The van der Waals surface area contributed by atoms with Crippen LogP contribution in [0, 0.1) is 10.1 Å². The Morgan fingerprint density at radius 1 is 1.62 bits per heavy atom. The van der Waals surface area contributed by atoms with E-state index >= 15 is 0 Å². The Hall–Kier alpha value is -1.99. The second-order valence-corrected chi connectivity index (χ2v) is 5.04. The van der Waals surface area contributed by atoms with E-state index in [0.29, 0.717) is 18.7 Å². The Bertz CT molecular complexity index is 515. The van der Waals surface area contributed by atoms with Crippen molar-refractivity contribution < 1.29 is 14.5 Å². The van der Waals surface area contributed by atoms with Crippen LogP contribution in [0.15, 0.2) is 24.3 Å². The number of benzene rings is 1. The molecule has 1 fully saturated rings. The number of non-ortho nitro benzene ring substituents is 1. The lowest BCUT2D eigenvalue weighted by Gasteiger charge is -2.24. The molecule has 2 unspecified atom stereocenters. The van der Waals surface area contributed by atoms with E-state index in [9.17, 15) is 14.9 Å². The number of carbonyl (C=O) groups excluding carboxylic acids is 1. The number of carbonyl (C=O) groups is 1. The van der Waals surface area contributed by atoms with E-state index in [1.54, 1.807) is 19.1 Å². The van der Waals surface area contributed by atoms with Crippen LogP contribution in [0.1, 0.15) is 24.9 Å². The summed E-state index contributed by atoms with van der Waals surface area (Å²) in [5.41, 5.74) is 0.730. The number of morpholine rings is 1. The van der Waals surface area contributed by atoms with Gasteiger partial charge in [0.15, 0.2) is 0 Å². The second-order valence-electron chi connectivity index (χ2n) is 5.04. The van der Waals surface area contributed by atoms with E-state index in [0.717, 1.165) is 6.54 Å². The van der Waals surface area contributed by atoms with Crippen molar-refractivity contribution in [3.63, 3.8) is 0 Å². The highest BCUT2D eigenvalue weighted by molar-refractivity contribution is 5.77. The largest absolute Gasteiger partial charge is 0.375 e. The molecule has 0 spiro atoms. The van der Waals surface area contributed by atoms with Crippen LogP contribution in [0.4, 0.5) is 5.69 Å². The van der Waals surface area contributed by atoms with Crippen molar-refractivity contribution in [2.24, 2.45) is 0 Å². The molecule has 1 aliphatic heterocycles. The van der Waals surface area contributed by atoms with E-state index < -0.39 is 4.92 Å². The summed E-state index contributed by atoms with van der Waals surface area (Å²) in [6, 6.07) is 6.00. The fraction of sp³-hybridized carbons (Fsp3) is 0.500. The second kappa shape index (κ2) is 7.14. The molecule has 0 radical (unpaired) electrons. The molecule has 114 valence electrons. The first-order valence-electron chi connectivity index (χ1n) is 6.92. The van der Waals surface area contributed by atoms with E-state index in [2.05, 4.69) is 10.6 Å². The quantitative estimate of drug-likeness (QED) is 0.627. The molecule has 2 atom stereocenters. The molecule has 0 aliphatic carbocycles. The smallest absolute Gasteiger partial charge is 0.269 e. The minimum absolute atomic E-state index is 0.0217. The Morgan fingerprint density at radius 2 is 2.43 bits per heavy atom. The lowest BCUT2D eigenvalue weighted by molar-refractivity contribution is -0.384. The van der Waals surface area contributed by atoms with Gasteiger partial charge in [-0.25, -0.2) is 0 Å². The van der Waals surface area contributed by atoms with Gasteiger partial charge in [-0.2, -0.15) is 0 Å². The summed E-state index contributed by atoms with van der Waals surface area (Å²) in [4.78, 5) is 22.3. The lowest BCUT2D eigenvalue weighted by Crippen LogP contribution is -2.41. The average molecular weight is 293 g/mol. The van der Waals surface area contributed by atoms with Crippen LogP contribution in [0.3, 0.4) is 0 Å². The maximum absolute atomic E-state index is 12.0. The van der Waals surface area contributed by atoms with E-state index in [1.807, 2.05) is 0 Å². The van der Waals surface area contributed by atoms with Crippen LogP contribution in [-0.4, -0.2) is 36.6 Å². The highest BCUT2D eigenvalue weighted by Gasteiger charge is 2.19. The SMILES string of the molecule is CC(NC(=O)CC1CNCCO1)c1cccc([N+](=O)[O-])c1. The third kappa shape index (κ3) is 4.51. The molecule has 7 nitrogen and oxygen atoms in total. The number of ether oxygens (including phenoxy) is 1. The Kier molecular flexibility index (Phi) is 5.24. The third-order valence-electron chi connectivity index (χ3n) is 3.38. The van der Waals surface area contributed by atoms with Gasteiger partial charge in [0.1, 0.15) is 0 Å². The highest BCUT2D eigenvalue weighted by atomic mass is 16.6. The maximum Gasteiger partial charge on any atom is 0.269 e. The van der Waals surface area contributed by atoms with Crippen LogP contribution < -0.4 is 10.6 Å². The van der Waals surface area contributed by atoms with Gasteiger partial charge in [-0.3, -0.25) is 14.9 Å². The molecule has 1 aliphatic rings. The molecule has 2 N–H and O–H groups in total. The van der Waals surface area contributed by atoms with E-state index in [-0.39, 0.29) is 30.2 Å². The third-order valence-corrected chi connectivity index (χ3v) is 3.38. The molecular formula is C14H19N3O4. The molecule has 1 aromatic rings. The molecule has 0 bridgehead atoms. The number of hydrogen-bond acceptors (Lipinski definition) is 5. The first-order chi connectivity index (χ1) is 10.1. The zero-order valence-corrected chi connectivity index (χ0v) is 11.9. The van der Waals surface area contributed by atoms with Gasteiger partial charge in [-0.1, -0.05) is 12.1 Å². The summed E-state index contributed by atoms with van der Waals surface area (Å²) in [5, 5.41) is 16.8. The number of hydrogen-bond donors (Lipinski definition) is 2. The Morgan fingerprint density at radius 3 is 3.10 bits per heavy atom. The summed E-state index contributed by atoms with van der Waals surface area (Å²) in [7, 11) is 0. The fourth-order valence-corrected chi connectivity index (χ4v) is 2.25. The summed E-state index contributed by atoms with van der Waals surface area (Å²) < 4.78 is 5.47. The number of nitrogens with zero attached hydrogens (tertiary/aromatic N) is 1. The number of nitro benzene ring substituents is 1. The monoisotopic (exact) mass is 293 g/mol. The summed E-state index contributed by atoms with van der Waals surface area (Å²) in [5.74, 6) is -0.122. The molecule has 7 heteroatoms. The average Bonchev–Trinajstić information content (AvgIpc) is 2.48. The maximum atomic E-state index is 12.0. The van der Waals surface area contributed by atoms with Crippen molar-refractivity contribution >= 4 is 11.6 Å². The molecule has 1 saturated heterocycles. The fourth-order valence-electron chi connectivity index (χ4n) is 2.25. The van der Waals surface area contributed by atoms with Gasteiger partial charge in [0.25, 0.3) is 5.69 Å². The van der Waals surface area contributed by atoms with Gasteiger partial charge < -0.3 is 15.4 Å². The first-order valence-corrected chi connectivity index (χ1v) is 6.92.